The van der Waals surface area contributed by atoms with Crippen molar-refractivity contribution in [3.05, 3.63) is 22.2 Å². The van der Waals surface area contributed by atoms with Crippen LogP contribution in [0.25, 0.3) is 0 Å². The number of alkyl halides is 2. The van der Waals surface area contributed by atoms with E-state index in [4.69, 9.17) is 33.7 Å². The van der Waals surface area contributed by atoms with E-state index in [1.165, 1.54) is 6.20 Å². The first-order chi connectivity index (χ1) is 9.36. The summed E-state index contributed by atoms with van der Waals surface area (Å²) in [6, 6.07) is 0. The van der Waals surface area contributed by atoms with Gasteiger partial charge in [0.1, 0.15) is 22.9 Å². The van der Waals surface area contributed by atoms with Gasteiger partial charge in [0.05, 0.1) is 12.5 Å². The van der Waals surface area contributed by atoms with Crippen LogP contribution in [-0.2, 0) is 4.74 Å². The van der Waals surface area contributed by atoms with Gasteiger partial charge in [-0.05, 0) is 6.92 Å². The lowest BCUT2D eigenvalue weighted by molar-refractivity contribution is -0.114. The van der Waals surface area contributed by atoms with Crippen molar-refractivity contribution in [1.82, 2.24) is 9.55 Å². The largest absolute Gasteiger partial charge is 0.393 e. The number of aliphatic hydroxyl groups excluding tert-OH is 2. The van der Waals surface area contributed by atoms with Gasteiger partial charge in [-0.2, -0.15) is 4.98 Å². The van der Waals surface area contributed by atoms with Gasteiger partial charge in [-0.25, -0.2) is 4.79 Å². The molecule has 1 saturated heterocycles. The number of aliphatic hydroxyl groups is 2. The maximum atomic E-state index is 11.9. The van der Waals surface area contributed by atoms with Gasteiger partial charge < -0.3 is 20.7 Å². The molecular formula is C11H15Cl2N3O4. The third-order valence-corrected chi connectivity index (χ3v) is 4.32. The summed E-state index contributed by atoms with van der Waals surface area (Å²) in [7, 11) is 0. The van der Waals surface area contributed by atoms with Crippen LogP contribution in [0.4, 0.5) is 5.82 Å². The van der Waals surface area contributed by atoms with E-state index < -0.39 is 35.6 Å². The number of nitrogens with zero attached hydrogens (tertiary/aromatic N) is 2. The van der Waals surface area contributed by atoms with Crippen LogP contribution < -0.4 is 11.4 Å². The molecule has 9 heteroatoms. The van der Waals surface area contributed by atoms with Gasteiger partial charge in [0.2, 0.25) is 0 Å². The topological polar surface area (TPSA) is 111 Å². The van der Waals surface area contributed by atoms with Crippen LogP contribution in [0.15, 0.2) is 11.0 Å². The molecule has 2 heterocycles. The number of aryl methyl sites for hydroxylation is 1. The first kappa shape index (κ1) is 15.5. The summed E-state index contributed by atoms with van der Waals surface area (Å²) in [5, 5.41) is 18.5. The minimum Gasteiger partial charge on any atom is -0.393 e. The van der Waals surface area contributed by atoms with E-state index in [1.807, 2.05) is 0 Å². The third kappa shape index (κ3) is 2.29. The summed E-state index contributed by atoms with van der Waals surface area (Å²) in [4.78, 5) is 15.5. The molecule has 0 radical (unpaired) electrons. The zero-order chi connectivity index (χ0) is 15.1. The molecule has 0 aromatic carbocycles. The Morgan fingerprint density at radius 2 is 2.30 bits per heavy atom. The molecule has 7 nitrogen and oxygen atoms in total. The normalized spacial score (nSPS) is 33.5. The molecule has 1 aromatic heterocycles. The standard InChI is InChI=1S/C11H15Cl2N3O4/c1-5-2-16(10(19)15-8(5)14)9-6(13)7(18)11(3-12,4-17)20-9/h2,6-7,9,17-18H,3-4H2,1H3,(H2,14,15,19)/t6-,7-,9+,11+/m0/s1. The van der Waals surface area contributed by atoms with Crippen LogP contribution in [0.1, 0.15) is 11.8 Å². The van der Waals surface area contributed by atoms with Crippen LogP contribution in [0.3, 0.4) is 0 Å². The van der Waals surface area contributed by atoms with E-state index in [-0.39, 0.29) is 11.7 Å². The predicted molar refractivity (Wildman–Crippen MR) is 74.0 cm³/mol. The Bertz CT molecular complexity index is 561. The number of halogens is 2. The number of rotatable bonds is 3. The number of anilines is 1. The second-order valence-electron chi connectivity index (χ2n) is 4.75. The Morgan fingerprint density at radius 1 is 1.65 bits per heavy atom. The molecule has 4 N–H and O–H groups in total. The monoisotopic (exact) mass is 323 g/mol. The van der Waals surface area contributed by atoms with Crippen molar-refractivity contribution in [2.45, 2.75) is 30.2 Å². The Kier molecular flexibility index (Phi) is 4.27. The fourth-order valence-corrected chi connectivity index (χ4v) is 2.78. The number of nitrogen functional groups attached to an aromatic ring is 1. The third-order valence-electron chi connectivity index (χ3n) is 3.41. The Labute approximate surface area is 124 Å². The molecule has 2 rings (SSSR count). The van der Waals surface area contributed by atoms with Crippen LogP contribution in [0.2, 0.25) is 0 Å². The van der Waals surface area contributed by atoms with Crippen molar-refractivity contribution in [2.24, 2.45) is 0 Å². The Morgan fingerprint density at radius 3 is 2.80 bits per heavy atom. The van der Waals surface area contributed by atoms with Crippen molar-refractivity contribution in [2.75, 3.05) is 18.2 Å². The van der Waals surface area contributed by atoms with Crippen LogP contribution in [0, 0.1) is 6.92 Å². The van der Waals surface area contributed by atoms with Gasteiger partial charge in [0.25, 0.3) is 0 Å². The lowest BCUT2D eigenvalue weighted by atomic mass is 10.00. The van der Waals surface area contributed by atoms with Gasteiger partial charge in [-0.15, -0.1) is 23.2 Å². The van der Waals surface area contributed by atoms with Gasteiger partial charge in [-0.3, -0.25) is 4.57 Å². The van der Waals surface area contributed by atoms with E-state index in [9.17, 15) is 15.0 Å². The molecule has 1 aromatic rings. The van der Waals surface area contributed by atoms with E-state index in [1.54, 1.807) is 6.92 Å². The van der Waals surface area contributed by atoms with E-state index >= 15 is 0 Å². The molecule has 112 valence electrons. The fraction of sp³-hybridized carbons (Fsp3) is 0.636. The minimum atomic E-state index is -1.41. The summed E-state index contributed by atoms with van der Waals surface area (Å²) in [5.41, 5.74) is 4.05. The molecule has 1 fully saturated rings. The van der Waals surface area contributed by atoms with Gasteiger partial charge in [0.15, 0.2) is 6.23 Å². The molecule has 0 bridgehead atoms. The Hall–Kier alpha value is -0.860. The Balaban J connectivity index is 2.45. The van der Waals surface area contributed by atoms with Gasteiger partial charge in [0, 0.05) is 11.8 Å². The molecule has 1 aliphatic heterocycles. The lowest BCUT2D eigenvalue weighted by Gasteiger charge is -2.27. The quantitative estimate of drug-likeness (QED) is 0.653. The SMILES string of the molecule is Cc1cn([C@@H]2O[C@@](CO)(CCl)[C@@H](O)[C@@H]2Cl)c(=O)nc1N. The highest BCUT2D eigenvalue weighted by Gasteiger charge is 2.54. The zero-order valence-electron chi connectivity index (χ0n) is 10.7. The first-order valence-corrected chi connectivity index (χ1v) is 6.85. The molecule has 0 spiro atoms. The molecule has 0 aliphatic carbocycles. The van der Waals surface area contributed by atoms with E-state index in [0.29, 0.717) is 5.56 Å². The minimum absolute atomic E-state index is 0.113. The van der Waals surface area contributed by atoms with Crippen LogP contribution in [-0.4, -0.2) is 49.3 Å². The molecular weight excluding hydrogens is 309 g/mol. The number of hydrogen-bond donors (Lipinski definition) is 3. The summed E-state index contributed by atoms with van der Waals surface area (Å²) >= 11 is 11.9. The molecule has 0 saturated carbocycles. The summed E-state index contributed by atoms with van der Waals surface area (Å²) < 4.78 is 6.69. The van der Waals surface area contributed by atoms with Crippen molar-refractivity contribution >= 4 is 29.0 Å². The maximum absolute atomic E-state index is 11.9. The molecule has 0 amide bonds. The average molecular weight is 324 g/mol. The van der Waals surface area contributed by atoms with E-state index in [2.05, 4.69) is 4.98 Å². The van der Waals surface area contributed by atoms with Crippen LogP contribution >= 0.6 is 23.2 Å². The molecule has 0 unspecified atom stereocenters. The fourth-order valence-electron chi connectivity index (χ4n) is 2.08. The molecule has 4 atom stereocenters. The van der Waals surface area contributed by atoms with Crippen LogP contribution in [0.5, 0.6) is 0 Å². The molecule has 1 aliphatic rings. The number of ether oxygens (including phenoxy) is 1. The van der Waals surface area contributed by atoms with Crippen molar-refractivity contribution in [3.63, 3.8) is 0 Å². The van der Waals surface area contributed by atoms with Crippen molar-refractivity contribution in [3.8, 4) is 0 Å². The summed E-state index contributed by atoms with van der Waals surface area (Å²) in [6.07, 6.45) is -0.766. The summed E-state index contributed by atoms with van der Waals surface area (Å²) in [5.74, 6) is -0.0535. The highest BCUT2D eigenvalue weighted by atomic mass is 35.5. The van der Waals surface area contributed by atoms with Crippen molar-refractivity contribution in [1.29, 1.82) is 0 Å². The highest BCUT2D eigenvalue weighted by molar-refractivity contribution is 6.22. The maximum Gasteiger partial charge on any atom is 0.351 e. The van der Waals surface area contributed by atoms with Gasteiger partial charge in [-0.1, -0.05) is 0 Å². The summed E-state index contributed by atoms with van der Waals surface area (Å²) in [6.45, 7) is 1.15. The number of aromatic nitrogens is 2. The number of nitrogens with two attached hydrogens (primary N) is 1. The zero-order valence-corrected chi connectivity index (χ0v) is 12.2. The smallest absolute Gasteiger partial charge is 0.351 e. The lowest BCUT2D eigenvalue weighted by Crippen LogP contribution is -2.47. The highest BCUT2D eigenvalue weighted by Crippen LogP contribution is 2.40. The average Bonchev–Trinajstić information content (AvgIpc) is 2.68. The number of hydrogen-bond acceptors (Lipinski definition) is 6. The van der Waals surface area contributed by atoms with Gasteiger partial charge >= 0.3 is 5.69 Å². The second kappa shape index (κ2) is 5.50. The predicted octanol–water partition coefficient (Wildman–Crippen LogP) is -0.399. The second-order valence-corrected chi connectivity index (χ2v) is 5.52. The van der Waals surface area contributed by atoms with Crippen molar-refractivity contribution < 1.29 is 14.9 Å². The first-order valence-electron chi connectivity index (χ1n) is 5.88. The molecule has 20 heavy (non-hydrogen) atoms. The van der Waals surface area contributed by atoms with E-state index in [0.717, 1.165) is 4.57 Å².